The predicted octanol–water partition coefficient (Wildman–Crippen LogP) is 3.44. The van der Waals surface area contributed by atoms with Gasteiger partial charge in [-0.2, -0.15) is 11.8 Å². The van der Waals surface area contributed by atoms with Crippen molar-refractivity contribution in [3.8, 4) is 0 Å². The Labute approximate surface area is 98.8 Å². The number of hydrogen-bond donors (Lipinski definition) is 1. The van der Waals surface area contributed by atoms with Crippen molar-refractivity contribution in [1.29, 1.82) is 0 Å². The van der Waals surface area contributed by atoms with Crippen molar-refractivity contribution in [2.75, 3.05) is 11.5 Å². The SMILES string of the molecule is CC1(C)CCCC(NC2CCCSC2)C1. The molecule has 2 heteroatoms. The zero-order valence-corrected chi connectivity index (χ0v) is 11.0. The molecule has 0 aromatic rings. The minimum atomic E-state index is 0.581. The van der Waals surface area contributed by atoms with Gasteiger partial charge in [0.2, 0.25) is 0 Å². The zero-order chi connectivity index (χ0) is 10.7. The van der Waals surface area contributed by atoms with Crippen molar-refractivity contribution in [3.63, 3.8) is 0 Å². The first-order valence-corrected chi connectivity index (χ1v) is 7.65. The van der Waals surface area contributed by atoms with Gasteiger partial charge in [-0.05, 0) is 43.3 Å². The Bertz CT molecular complexity index is 197. The van der Waals surface area contributed by atoms with E-state index in [4.69, 9.17) is 0 Å². The minimum Gasteiger partial charge on any atom is -0.310 e. The molecule has 0 aromatic carbocycles. The Morgan fingerprint density at radius 2 is 1.93 bits per heavy atom. The van der Waals surface area contributed by atoms with E-state index in [9.17, 15) is 0 Å². The summed E-state index contributed by atoms with van der Waals surface area (Å²) in [6, 6.07) is 1.61. The lowest BCUT2D eigenvalue weighted by Crippen LogP contribution is -2.45. The molecule has 2 atom stereocenters. The minimum absolute atomic E-state index is 0.581. The van der Waals surface area contributed by atoms with Gasteiger partial charge >= 0.3 is 0 Å². The quantitative estimate of drug-likeness (QED) is 0.775. The van der Waals surface area contributed by atoms with Crippen molar-refractivity contribution in [1.82, 2.24) is 5.32 Å². The summed E-state index contributed by atoms with van der Waals surface area (Å²) in [7, 11) is 0. The molecule has 0 bridgehead atoms. The smallest absolute Gasteiger partial charge is 0.0161 e. The molecule has 1 aliphatic carbocycles. The molecular formula is C13H25NS. The van der Waals surface area contributed by atoms with Crippen LogP contribution in [0.15, 0.2) is 0 Å². The number of nitrogens with one attached hydrogen (secondary N) is 1. The van der Waals surface area contributed by atoms with Gasteiger partial charge < -0.3 is 5.32 Å². The van der Waals surface area contributed by atoms with E-state index in [0.29, 0.717) is 5.41 Å². The Kier molecular flexibility index (Phi) is 4.00. The van der Waals surface area contributed by atoms with Crippen molar-refractivity contribution in [2.24, 2.45) is 5.41 Å². The summed E-state index contributed by atoms with van der Waals surface area (Å²) in [5, 5.41) is 3.89. The van der Waals surface area contributed by atoms with Crippen molar-refractivity contribution in [2.45, 2.75) is 64.5 Å². The molecule has 1 heterocycles. The highest BCUT2D eigenvalue weighted by Crippen LogP contribution is 2.35. The normalized spacial score (nSPS) is 36.4. The van der Waals surface area contributed by atoms with Crippen molar-refractivity contribution >= 4 is 11.8 Å². The van der Waals surface area contributed by atoms with E-state index in [-0.39, 0.29) is 0 Å². The van der Waals surface area contributed by atoms with Crippen LogP contribution in [0.5, 0.6) is 0 Å². The standard InChI is InChI=1S/C13H25NS/c1-13(2)7-3-5-11(9-13)14-12-6-4-8-15-10-12/h11-12,14H,3-10H2,1-2H3. The lowest BCUT2D eigenvalue weighted by Gasteiger charge is -2.38. The predicted molar refractivity (Wildman–Crippen MR) is 69.5 cm³/mol. The van der Waals surface area contributed by atoms with Gasteiger partial charge in [0.25, 0.3) is 0 Å². The molecule has 1 saturated carbocycles. The van der Waals surface area contributed by atoms with Crippen LogP contribution < -0.4 is 5.32 Å². The summed E-state index contributed by atoms with van der Waals surface area (Å²) in [4.78, 5) is 0. The van der Waals surface area contributed by atoms with Gasteiger partial charge in [0.15, 0.2) is 0 Å². The maximum atomic E-state index is 3.89. The van der Waals surface area contributed by atoms with Gasteiger partial charge in [-0.25, -0.2) is 0 Å². The summed E-state index contributed by atoms with van der Waals surface area (Å²) in [5.41, 5.74) is 0.581. The molecule has 1 N–H and O–H groups in total. The first-order valence-electron chi connectivity index (χ1n) is 6.49. The van der Waals surface area contributed by atoms with Gasteiger partial charge in [0, 0.05) is 17.8 Å². The topological polar surface area (TPSA) is 12.0 Å². The van der Waals surface area contributed by atoms with Crippen molar-refractivity contribution < 1.29 is 0 Å². The molecule has 1 saturated heterocycles. The van der Waals surface area contributed by atoms with Crippen LogP contribution in [0.2, 0.25) is 0 Å². The molecule has 0 spiro atoms. The second-order valence-corrected chi connectivity index (χ2v) is 7.19. The van der Waals surface area contributed by atoms with Crippen LogP contribution in [0.1, 0.15) is 52.4 Å². The molecule has 1 nitrogen and oxygen atoms in total. The third-order valence-corrected chi connectivity index (χ3v) is 5.05. The number of rotatable bonds is 2. The Morgan fingerprint density at radius 3 is 2.60 bits per heavy atom. The molecule has 2 fully saturated rings. The highest BCUT2D eigenvalue weighted by atomic mass is 32.2. The van der Waals surface area contributed by atoms with E-state index in [0.717, 1.165) is 12.1 Å². The van der Waals surface area contributed by atoms with E-state index < -0.39 is 0 Å². The fraction of sp³-hybridized carbons (Fsp3) is 1.00. The maximum absolute atomic E-state index is 3.89. The van der Waals surface area contributed by atoms with Gasteiger partial charge in [-0.3, -0.25) is 0 Å². The van der Waals surface area contributed by atoms with Crippen LogP contribution in [0.25, 0.3) is 0 Å². The van der Waals surface area contributed by atoms with E-state index in [1.807, 2.05) is 0 Å². The number of thioether (sulfide) groups is 1. The number of hydrogen-bond acceptors (Lipinski definition) is 2. The van der Waals surface area contributed by atoms with Crippen LogP contribution in [0, 0.1) is 5.41 Å². The lowest BCUT2D eigenvalue weighted by atomic mass is 9.75. The van der Waals surface area contributed by atoms with Gasteiger partial charge in [-0.15, -0.1) is 0 Å². The first-order chi connectivity index (χ1) is 7.16. The first kappa shape index (κ1) is 11.8. The molecular weight excluding hydrogens is 202 g/mol. The monoisotopic (exact) mass is 227 g/mol. The highest BCUT2D eigenvalue weighted by Gasteiger charge is 2.29. The van der Waals surface area contributed by atoms with Crippen LogP contribution in [-0.4, -0.2) is 23.6 Å². The molecule has 2 aliphatic rings. The zero-order valence-electron chi connectivity index (χ0n) is 10.2. The Morgan fingerprint density at radius 1 is 1.13 bits per heavy atom. The van der Waals surface area contributed by atoms with E-state index >= 15 is 0 Å². The molecule has 15 heavy (non-hydrogen) atoms. The molecule has 0 aromatic heterocycles. The van der Waals surface area contributed by atoms with Gasteiger partial charge in [0.05, 0.1) is 0 Å². The van der Waals surface area contributed by atoms with Crippen LogP contribution >= 0.6 is 11.8 Å². The third kappa shape index (κ3) is 3.67. The third-order valence-electron chi connectivity index (χ3n) is 3.84. The van der Waals surface area contributed by atoms with Gasteiger partial charge in [-0.1, -0.05) is 20.3 Å². The van der Waals surface area contributed by atoms with E-state index in [1.54, 1.807) is 0 Å². The average Bonchev–Trinajstić information content (AvgIpc) is 2.17. The maximum Gasteiger partial charge on any atom is 0.0161 e. The second-order valence-electron chi connectivity index (χ2n) is 6.04. The summed E-state index contributed by atoms with van der Waals surface area (Å²) in [6.45, 7) is 4.85. The molecule has 0 amide bonds. The average molecular weight is 227 g/mol. The fourth-order valence-electron chi connectivity index (χ4n) is 3.05. The highest BCUT2D eigenvalue weighted by molar-refractivity contribution is 7.99. The summed E-state index contributed by atoms with van der Waals surface area (Å²) >= 11 is 2.13. The van der Waals surface area contributed by atoms with E-state index in [1.165, 1.54) is 50.0 Å². The van der Waals surface area contributed by atoms with Gasteiger partial charge in [0.1, 0.15) is 0 Å². The molecule has 0 radical (unpaired) electrons. The summed E-state index contributed by atoms with van der Waals surface area (Å²) in [5.74, 6) is 2.73. The summed E-state index contributed by atoms with van der Waals surface area (Å²) < 4.78 is 0. The van der Waals surface area contributed by atoms with Crippen molar-refractivity contribution in [3.05, 3.63) is 0 Å². The Hall–Kier alpha value is 0.310. The molecule has 88 valence electrons. The molecule has 2 rings (SSSR count). The van der Waals surface area contributed by atoms with Crippen LogP contribution in [-0.2, 0) is 0 Å². The summed E-state index contributed by atoms with van der Waals surface area (Å²) in [6.07, 6.45) is 8.45. The van der Waals surface area contributed by atoms with Crippen LogP contribution in [0.3, 0.4) is 0 Å². The van der Waals surface area contributed by atoms with Crippen LogP contribution in [0.4, 0.5) is 0 Å². The Balaban J connectivity index is 1.78. The molecule has 2 unspecified atom stereocenters. The second kappa shape index (κ2) is 5.09. The lowest BCUT2D eigenvalue weighted by molar-refractivity contribution is 0.189. The largest absolute Gasteiger partial charge is 0.310 e. The van der Waals surface area contributed by atoms with E-state index in [2.05, 4.69) is 30.9 Å². The molecule has 1 aliphatic heterocycles. The fourth-order valence-corrected chi connectivity index (χ4v) is 4.13.